The predicted molar refractivity (Wildman–Crippen MR) is 88.2 cm³/mol. The number of ether oxygens (including phenoxy) is 1. The van der Waals surface area contributed by atoms with Crippen LogP contribution in [0.1, 0.15) is 36.8 Å². The predicted octanol–water partition coefficient (Wildman–Crippen LogP) is 4.22. The second kappa shape index (κ2) is 7.15. The van der Waals surface area contributed by atoms with Crippen molar-refractivity contribution in [2.45, 2.75) is 33.5 Å². The molecule has 2 aromatic rings. The second-order valence-corrected chi connectivity index (χ2v) is 6.90. The first-order valence-electron chi connectivity index (χ1n) is 7.44. The minimum Gasteiger partial charge on any atom is -0.464 e. The summed E-state index contributed by atoms with van der Waals surface area (Å²) in [5.74, 6) is -1.12. The number of esters is 1. The van der Waals surface area contributed by atoms with Crippen LogP contribution in [-0.4, -0.2) is 28.1 Å². The van der Waals surface area contributed by atoms with Gasteiger partial charge in [0.2, 0.25) is 0 Å². The second-order valence-electron chi connectivity index (χ2n) is 5.99. The standard InChI is InChI=1S/C16H16BrF3N2O3/c1-8(2)7-25-13(24)6-22-15-11(14(21-22)9(3)23)4-10(17)5-12(15)16(18,19)20/h4-5,8H,6-7H2,1-3H3. The first-order chi connectivity index (χ1) is 11.5. The van der Waals surface area contributed by atoms with Crippen molar-refractivity contribution in [2.75, 3.05) is 6.61 Å². The molecule has 0 N–H and O–H groups in total. The first-order valence-corrected chi connectivity index (χ1v) is 8.23. The van der Waals surface area contributed by atoms with Gasteiger partial charge in [-0.2, -0.15) is 18.3 Å². The van der Waals surface area contributed by atoms with Crippen LogP contribution in [0.3, 0.4) is 0 Å². The molecule has 0 unspecified atom stereocenters. The van der Waals surface area contributed by atoms with E-state index in [9.17, 15) is 22.8 Å². The van der Waals surface area contributed by atoms with Gasteiger partial charge >= 0.3 is 12.1 Å². The molecule has 5 nitrogen and oxygen atoms in total. The molecule has 9 heteroatoms. The summed E-state index contributed by atoms with van der Waals surface area (Å²) in [7, 11) is 0. The number of halogens is 4. The Morgan fingerprint density at radius 1 is 1.32 bits per heavy atom. The molecule has 0 fully saturated rings. The average molecular weight is 421 g/mol. The lowest BCUT2D eigenvalue weighted by molar-refractivity contribution is -0.146. The SMILES string of the molecule is CC(=O)c1nn(CC(=O)OCC(C)C)c2c(C(F)(F)F)cc(Br)cc12. The molecule has 0 aliphatic rings. The zero-order valence-electron chi connectivity index (χ0n) is 13.8. The van der Waals surface area contributed by atoms with Crippen molar-refractivity contribution in [2.24, 2.45) is 5.92 Å². The molecule has 25 heavy (non-hydrogen) atoms. The summed E-state index contributed by atoms with van der Waals surface area (Å²) in [5.41, 5.74) is -1.42. The lowest BCUT2D eigenvalue weighted by Gasteiger charge is -2.12. The fraction of sp³-hybridized carbons (Fsp3) is 0.438. The number of hydrogen-bond donors (Lipinski definition) is 0. The van der Waals surface area contributed by atoms with Crippen molar-refractivity contribution in [3.63, 3.8) is 0 Å². The number of nitrogens with zero attached hydrogens (tertiary/aromatic N) is 2. The minimum absolute atomic E-state index is 0.0332. The Morgan fingerprint density at radius 3 is 2.48 bits per heavy atom. The van der Waals surface area contributed by atoms with Crippen LogP contribution in [-0.2, 0) is 22.3 Å². The smallest absolute Gasteiger partial charge is 0.418 e. The summed E-state index contributed by atoms with van der Waals surface area (Å²) in [6, 6.07) is 2.27. The molecular weight excluding hydrogens is 405 g/mol. The van der Waals surface area contributed by atoms with E-state index in [0.29, 0.717) is 0 Å². The van der Waals surface area contributed by atoms with Crippen LogP contribution in [0.4, 0.5) is 13.2 Å². The van der Waals surface area contributed by atoms with Gasteiger partial charge in [0, 0.05) is 16.8 Å². The largest absolute Gasteiger partial charge is 0.464 e. The summed E-state index contributed by atoms with van der Waals surface area (Å²) in [6.07, 6.45) is -4.67. The van der Waals surface area contributed by atoms with E-state index < -0.39 is 30.0 Å². The van der Waals surface area contributed by atoms with Crippen LogP contribution in [0, 0.1) is 5.92 Å². The topological polar surface area (TPSA) is 61.2 Å². The van der Waals surface area contributed by atoms with Gasteiger partial charge < -0.3 is 4.74 Å². The summed E-state index contributed by atoms with van der Waals surface area (Å²) in [6.45, 7) is 4.52. The van der Waals surface area contributed by atoms with Gasteiger partial charge in [0.05, 0.1) is 17.7 Å². The number of fused-ring (bicyclic) bond motifs is 1. The highest BCUT2D eigenvalue weighted by Gasteiger charge is 2.36. The number of hydrogen-bond acceptors (Lipinski definition) is 4. The fourth-order valence-corrected chi connectivity index (χ4v) is 2.76. The Bertz CT molecular complexity index is 828. The molecule has 2 rings (SSSR count). The molecule has 0 aliphatic carbocycles. The van der Waals surface area contributed by atoms with E-state index in [1.807, 2.05) is 13.8 Å². The van der Waals surface area contributed by atoms with E-state index in [4.69, 9.17) is 4.74 Å². The molecular formula is C16H16BrF3N2O3. The monoisotopic (exact) mass is 420 g/mol. The molecule has 1 heterocycles. The highest BCUT2D eigenvalue weighted by atomic mass is 79.9. The molecule has 0 spiro atoms. The summed E-state index contributed by atoms with van der Waals surface area (Å²) < 4.78 is 46.3. The van der Waals surface area contributed by atoms with Gasteiger partial charge in [-0.25, -0.2) is 0 Å². The summed E-state index contributed by atoms with van der Waals surface area (Å²) >= 11 is 3.02. The Balaban J connectivity index is 2.59. The van der Waals surface area contributed by atoms with E-state index in [0.717, 1.165) is 10.7 Å². The first kappa shape index (κ1) is 19.4. The number of aromatic nitrogens is 2. The zero-order chi connectivity index (χ0) is 18.9. The van der Waals surface area contributed by atoms with Gasteiger partial charge in [-0.1, -0.05) is 29.8 Å². The minimum atomic E-state index is -4.67. The van der Waals surface area contributed by atoms with Gasteiger partial charge in [-0.05, 0) is 18.1 Å². The van der Waals surface area contributed by atoms with Gasteiger partial charge in [-0.15, -0.1) is 0 Å². The molecule has 0 aliphatic heterocycles. The lowest BCUT2D eigenvalue weighted by atomic mass is 10.1. The molecule has 0 amide bonds. The molecule has 1 aromatic heterocycles. The summed E-state index contributed by atoms with van der Waals surface area (Å²) in [4.78, 5) is 23.7. The Morgan fingerprint density at radius 2 is 1.96 bits per heavy atom. The van der Waals surface area contributed by atoms with Crippen LogP contribution in [0.5, 0.6) is 0 Å². The highest BCUT2D eigenvalue weighted by Crippen LogP contribution is 2.38. The average Bonchev–Trinajstić information content (AvgIpc) is 2.81. The van der Waals surface area contributed by atoms with Crippen LogP contribution in [0.15, 0.2) is 16.6 Å². The Kier molecular flexibility index (Phi) is 5.55. The molecule has 0 saturated heterocycles. The van der Waals surface area contributed by atoms with Crippen molar-refractivity contribution in [1.82, 2.24) is 9.78 Å². The Hall–Kier alpha value is -1.90. The number of rotatable bonds is 5. The number of ketones is 1. The van der Waals surface area contributed by atoms with Crippen LogP contribution in [0.2, 0.25) is 0 Å². The van der Waals surface area contributed by atoms with Gasteiger partial charge in [0.25, 0.3) is 0 Å². The van der Waals surface area contributed by atoms with Crippen molar-refractivity contribution >= 4 is 38.6 Å². The summed E-state index contributed by atoms with van der Waals surface area (Å²) in [5, 5.41) is 3.95. The van der Waals surface area contributed by atoms with E-state index >= 15 is 0 Å². The number of carbonyl (C=O) groups is 2. The third-order valence-electron chi connectivity index (χ3n) is 3.30. The maximum Gasteiger partial charge on any atom is 0.418 e. The molecule has 0 bridgehead atoms. The molecule has 0 radical (unpaired) electrons. The van der Waals surface area contributed by atoms with Crippen molar-refractivity contribution in [3.05, 3.63) is 27.9 Å². The van der Waals surface area contributed by atoms with E-state index in [2.05, 4.69) is 21.0 Å². The third kappa shape index (κ3) is 4.39. The van der Waals surface area contributed by atoms with Gasteiger partial charge in [0.15, 0.2) is 5.78 Å². The number of carbonyl (C=O) groups excluding carboxylic acids is 2. The maximum atomic E-state index is 13.4. The van der Waals surface area contributed by atoms with E-state index in [1.165, 1.54) is 13.0 Å². The number of benzene rings is 1. The van der Waals surface area contributed by atoms with Crippen molar-refractivity contribution in [1.29, 1.82) is 0 Å². The van der Waals surface area contributed by atoms with Crippen molar-refractivity contribution < 1.29 is 27.5 Å². The van der Waals surface area contributed by atoms with Gasteiger partial charge in [-0.3, -0.25) is 14.3 Å². The molecule has 0 saturated carbocycles. The van der Waals surface area contributed by atoms with E-state index in [1.54, 1.807) is 0 Å². The van der Waals surface area contributed by atoms with Crippen molar-refractivity contribution in [3.8, 4) is 0 Å². The third-order valence-corrected chi connectivity index (χ3v) is 3.76. The quantitative estimate of drug-likeness (QED) is 0.536. The number of Topliss-reactive ketones (excluding diaryl/α,β-unsaturated/α-hetero) is 1. The van der Waals surface area contributed by atoms with Crippen LogP contribution < -0.4 is 0 Å². The van der Waals surface area contributed by atoms with Gasteiger partial charge in [0.1, 0.15) is 12.2 Å². The highest BCUT2D eigenvalue weighted by molar-refractivity contribution is 9.10. The maximum absolute atomic E-state index is 13.4. The van der Waals surface area contributed by atoms with E-state index in [-0.39, 0.29) is 33.6 Å². The fourth-order valence-electron chi connectivity index (χ4n) is 2.30. The molecule has 0 atom stereocenters. The number of alkyl halides is 3. The zero-order valence-corrected chi connectivity index (χ0v) is 15.4. The lowest BCUT2D eigenvalue weighted by Crippen LogP contribution is -2.18. The molecule has 136 valence electrons. The van der Waals surface area contributed by atoms with Crippen LogP contribution in [0.25, 0.3) is 10.9 Å². The molecule has 1 aromatic carbocycles. The normalized spacial score (nSPS) is 12.0. The Labute approximate surface area is 150 Å². The van der Waals surface area contributed by atoms with Crippen LogP contribution >= 0.6 is 15.9 Å².